The predicted molar refractivity (Wildman–Crippen MR) is 91.8 cm³/mol. The molecule has 0 unspecified atom stereocenters. The summed E-state index contributed by atoms with van der Waals surface area (Å²) in [4.78, 5) is 7.07. The van der Waals surface area contributed by atoms with Gasteiger partial charge in [-0.25, -0.2) is 4.99 Å². The van der Waals surface area contributed by atoms with Crippen LogP contribution in [0.2, 0.25) is 0 Å². The quantitative estimate of drug-likeness (QED) is 0.570. The van der Waals surface area contributed by atoms with Crippen LogP contribution in [0.4, 0.5) is 0 Å². The molecule has 0 spiro atoms. The molecule has 0 aliphatic heterocycles. The van der Waals surface area contributed by atoms with Crippen LogP contribution in [-0.2, 0) is 6.54 Å². The van der Waals surface area contributed by atoms with Crippen LogP contribution in [0.5, 0.6) is 0 Å². The van der Waals surface area contributed by atoms with Crippen LogP contribution < -0.4 is 10.6 Å². The van der Waals surface area contributed by atoms with Gasteiger partial charge in [-0.2, -0.15) is 0 Å². The molecule has 0 aromatic heterocycles. The molecule has 0 heterocycles. The van der Waals surface area contributed by atoms with Crippen LogP contribution in [0.25, 0.3) is 0 Å². The topological polar surface area (TPSA) is 39.7 Å². The van der Waals surface area contributed by atoms with E-state index in [-0.39, 0.29) is 0 Å². The van der Waals surface area contributed by atoms with E-state index < -0.39 is 0 Å². The van der Waals surface area contributed by atoms with E-state index in [0.717, 1.165) is 38.7 Å². The van der Waals surface area contributed by atoms with Crippen LogP contribution >= 0.6 is 0 Å². The number of likely N-dealkylation sites (N-methyl/N-ethyl adjacent to an activating group) is 1. The molecule has 0 atom stereocenters. The molecular formula is C17H30N4. The Morgan fingerprint density at radius 3 is 2.43 bits per heavy atom. The van der Waals surface area contributed by atoms with E-state index in [9.17, 15) is 0 Å². The zero-order valence-electron chi connectivity index (χ0n) is 13.9. The molecule has 1 aromatic carbocycles. The molecule has 1 aromatic rings. The Bertz CT molecular complexity index is 425. The third-order valence-electron chi connectivity index (χ3n) is 3.63. The summed E-state index contributed by atoms with van der Waals surface area (Å²) in [5.74, 6) is 0.896. The smallest absolute Gasteiger partial charge is 0.191 e. The average Bonchev–Trinajstić information content (AvgIpc) is 2.50. The number of nitrogens with one attached hydrogen (secondary N) is 2. The summed E-state index contributed by atoms with van der Waals surface area (Å²) < 4.78 is 0. The number of guanidine groups is 1. The largest absolute Gasteiger partial charge is 0.357 e. The average molecular weight is 290 g/mol. The van der Waals surface area contributed by atoms with Gasteiger partial charge in [0.1, 0.15) is 0 Å². The van der Waals surface area contributed by atoms with Crippen molar-refractivity contribution in [2.75, 3.05) is 32.7 Å². The fourth-order valence-electron chi connectivity index (χ4n) is 2.17. The first-order valence-corrected chi connectivity index (χ1v) is 8.00. The van der Waals surface area contributed by atoms with E-state index in [1.165, 1.54) is 11.1 Å². The maximum atomic E-state index is 4.67. The van der Waals surface area contributed by atoms with Crippen molar-refractivity contribution in [2.45, 2.75) is 34.2 Å². The number of nitrogens with zero attached hydrogens (tertiary/aromatic N) is 2. The van der Waals surface area contributed by atoms with E-state index in [2.05, 4.69) is 72.5 Å². The molecule has 0 fully saturated rings. The molecule has 21 heavy (non-hydrogen) atoms. The molecule has 0 radical (unpaired) electrons. The molecule has 1 rings (SSSR count). The minimum absolute atomic E-state index is 0.716. The van der Waals surface area contributed by atoms with E-state index in [4.69, 9.17) is 0 Å². The Labute approximate surface area is 129 Å². The molecule has 0 saturated heterocycles. The Kier molecular flexibility index (Phi) is 8.51. The van der Waals surface area contributed by atoms with Crippen molar-refractivity contribution >= 4 is 5.96 Å². The Morgan fingerprint density at radius 2 is 1.81 bits per heavy atom. The first-order chi connectivity index (χ1) is 10.2. The van der Waals surface area contributed by atoms with Crippen LogP contribution in [0.1, 0.15) is 31.9 Å². The molecule has 0 amide bonds. The molecular weight excluding hydrogens is 260 g/mol. The normalized spacial score (nSPS) is 11.8. The highest BCUT2D eigenvalue weighted by Gasteiger charge is 2.01. The fraction of sp³-hybridized carbons (Fsp3) is 0.588. The van der Waals surface area contributed by atoms with Gasteiger partial charge in [0.15, 0.2) is 5.96 Å². The highest BCUT2D eigenvalue weighted by molar-refractivity contribution is 5.79. The van der Waals surface area contributed by atoms with Crippen molar-refractivity contribution < 1.29 is 0 Å². The summed E-state index contributed by atoms with van der Waals surface area (Å²) in [6.07, 6.45) is 0. The maximum absolute atomic E-state index is 4.67. The summed E-state index contributed by atoms with van der Waals surface area (Å²) in [6, 6.07) is 8.40. The van der Waals surface area contributed by atoms with Gasteiger partial charge >= 0.3 is 0 Å². The Morgan fingerprint density at radius 1 is 1.10 bits per heavy atom. The summed E-state index contributed by atoms with van der Waals surface area (Å²) in [5, 5.41) is 6.71. The summed E-state index contributed by atoms with van der Waals surface area (Å²) in [5.41, 5.74) is 2.57. The van der Waals surface area contributed by atoms with Crippen molar-refractivity contribution in [3.8, 4) is 0 Å². The molecule has 2 N–H and O–H groups in total. The van der Waals surface area contributed by atoms with Gasteiger partial charge in [-0.15, -0.1) is 0 Å². The van der Waals surface area contributed by atoms with E-state index in [1.807, 2.05) is 0 Å². The lowest BCUT2D eigenvalue weighted by Crippen LogP contribution is -2.41. The summed E-state index contributed by atoms with van der Waals surface area (Å²) in [6.45, 7) is 14.4. The van der Waals surface area contributed by atoms with Gasteiger partial charge in [0.05, 0.1) is 6.54 Å². The predicted octanol–water partition coefficient (Wildman–Crippen LogP) is 2.39. The zero-order valence-corrected chi connectivity index (χ0v) is 13.9. The maximum Gasteiger partial charge on any atom is 0.191 e. The fourth-order valence-corrected chi connectivity index (χ4v) is 2.17. The number of aliphatic imine (C=N–C) groups is 1. The van der Waals surface area contributed by atoms with Gasteiger partial charge in [-0.3, -0.25) is 0 Å². The summed E-state index contributed by atoms with van der Waals surface area (Å²) >= 11 is 0. The molecule has 4 nitrogen and oxygen atoms in total. The minimum atomic E-state index is 0.716. The van der Waals surface area contributed by atoms with Crippen molar-refractivity contribution in [3.63, 3.8) is 0 Å². The lowest BCUT2D eigenvalue weighted by atomic mass is 10.1. The van der Waals surface area contributed by atoms with Crippen LogP contribution in [0.3, 0.4) is 0 Å². The molecule has 4 heteroatoms. The SMILES string of the molecule is CCNC(=NCc1ccccc1C)NCCN(CC)CC. The second-order valence-electron chi connectivity index (χ2n) is 5.08. The van der Waals surface area contributed by atoms with E-state index in [1.54, 1.807) is 0 Å². The van der Waals surface area contributed by atoms with Gasteiger partial charge in [-0.1, -0.05) is 38.1 Å². The standard InChI is InChI=1S/C17H30N4/c1-5-18-17(19-12-13-21(6-2)7-3)20-14-16-11-9-8-10-15(16)4/h8-11H,5-7,12-14H2,1-4H3,(H2,18,19,20). The highest BCUT2D eigenvalue weighted by atomic mass is 15.2. The van der Waals surface area contributed by atoms with Gasteiger partial charge in [0.2, 0.25) is 0 Å². The van der Waals surface area contributed by atoms with Crippen molar-refractivity contribution in [1.82, 2.24) is 15.5 Å². The zero-order chi connectivity index (χ0) is 15.5. The lowest BCUT2D eigenvalue weighted by Gasteiger charge is -2.19. The lowest BCUT2D eigenvalue weighted by molar-refractivity contribution is 0.308. The molecule has 118 valence electrons. The van der Waals surface area contributed by atoms with Gasteiger partial charge in [-0.05, 0) is 38.1 Å². The van der Waals surface area contributed by atoms with E-state index in [0.29, 0.717) is 6.54 Å². The molecule has 0 aliphatic rings. The van der Waals surface area contributed by atoms with Gasteiger partial charge < -0.3 is 15.5 Å². The Hall–Kier alpha value is -1.55. The third-order valence-corrected chi connectivity index (χ3v) is 3.63. The van der Waals surface area contributed by atoms with Crippen molar-refractivity contribution in [3.05, 3.63) is 35.4 Å². The second-order valence-corrected chi connectivity index (χ2v) is 5.08. The first kappa shape index (κ1) is 17.5. The monoisotopic (exact) mass is 290 g/mol. The van der Waals surface area contributed by atoms with Crippen molar-refractivity contribution in [1.29, 1.82) is 0 Å². The third kappa shape index (κ3) is 6.63. The molecule has 0 saturated carbocycles. The van der Waals surface area contributed by atoms with Crippen LogP contribution in [0, 0.1) is 6.92 Å². The second kappa shape index (κ2) is 10.2. The number of hydrogen-bond acceptors (Lipinski definition) is 2. The summed E-state index contributed by atoms with van der Waals surface area (Å²) in [7, 11) is 0. The number of aryl methyl sites for hydroxylation is 1. The van der Waals surface area contributed by atoms with Crippen molar-refractivity contribution in [2.24, 2.45) is 4.99 Å². The van der Waals surface area contributed by atoms with Crippen LogP contribution in [0.15, 0.2) is 29.3 Å². The van der Waals surface area contributed by atoms with E-state index >= 15 is 0 Å². The highest BCUT2D eigenvalue weighted by Crippen LogP contribution is 2.07. The van der Waals surface area contributed by atoms with Gasteiger partial charge in [0, 0.05) is 19.6 Å². The number of benzene rings is 1. The minimum Gasteiger partial charge on any atom is -0.357 e. The molecule has 0 aliphatic carbocycles. The number of rotatable bonds is 8. The van der Waals surface area contributed by atoms with Gasteiger partial charge in [0.25, 0.3) is 0 Å². The first-order valence-electron chi connectivity index (χ1n) is 8.00. The number of hydrogen-bond donors (Lipinski definition) is 2. The van der Waals surface area contributed by atoms with Crippen LogP contribution in [-0.4, -0.2) is 43.6 Å². The molecule has 0 bridgehead atoms. The Balaban J connectivity index is 2.52.